The normalized spacial score (nSPS) is 12.9. The van der Waals surface area contributed by atoms with E-state index in [4.69, 9.17) is 9.47 Å². The lowest BCUT2D eigenvalue weighted by Gasteiger charge is -2.19. The molecule has 0 bridgehead atoms. The van der Waals surface area contributed by atoms with Gasteiger partial charge in [0.05, 0.1) is 13.0 Å². The van der Waals surface area contributed by atoms with E-state index in [2.05, 4.69) is 5.32 Å². The van der Waals surface area contributed by atoms with Crippen LogP contribution in [0.5, 0.6) is 0 Å². The number of carbonyl (C=O) groups is 2. The first-order valence-electron chi connectivity index (χ1n) is 6.33. The second kappa shape index (κ2) is 8.08. The van der Waals surface area contributed by atoms with Gasteiger partial charge in [-0.2, -0.15) is 0 Å². The van der Waals surface area contributed by atoms with Crippen LogP contribution in [0.1, 0.15) is 47.5 Å². The summed E-state index contributed by atoms with van der Waals surface area (Å²) >= 11 is 0. The largest absolute Gasteiger partial charge is 0.460 e. The van der Waals surface area contributed by atoms with E-state index < -0.39 is 5.60 Å². The molecule has 1 atom stereocenters. The van der Waals surface area contributed by atoms with Crippen LogP contribution >= 0.6 is 0 Å². The van der Waals surface area contributed by atoms with Crippen LogP contribution in [0.25, 0.3) is 0 Å². The number of nitrogens with one attached hydrogen (secondary N) is 1. The molecule has 0 aromatic carbocycles. The molecule has 0 aliphatic heterocycles. The molecule has 0 heterocycles. The highest BCUT2D eigenvalue weighted by Crippen LogP contribution is 2.09. The van der Waals surface area contributed by atoms with Crippen molar-refractivity contribution in [1.82, 2.24) is 5.32 Å². The molecule has 0 radical (unpaired) electrons. The van der Waals surface area contributed by atoms with Crippen molar-refractivity contribution in [3.05, 3.63) is 0 Å². The van der Waals surface area contributed by atoms with Gasteiger partial charge in [-0.3, -0.25) is 9.59 Å². The third-order valence-corrected chi connectivity index (χ3v) is 1.96. The minimum Gasteiger partial charge on any atom is -0.460 e. The molecule has 0 aliphatic rings. The Balaban J connectivity index is 3.79. The minimum absolute atomic E-state index is 0.0453. The number of hydrogen-bond donors (Lipinski definition) is 1. The molecule has 0 spiro atoms. The van der Waals surface area contributed by atoms with Crippen LogP contribution in [0.2, 0.25) is 0 Å². The van der Waals surface area contributed by atoms with Crippen LogP contribution in [0.3, 0.4) is 0 Å². The number of amides is 1. The Labute approximate surface area is 109 Å². The van der Waals surface area contributed by atoms with E-state index in [1.807, 2.05) is 13.8 Å². The van der Waals surface area contributed by atoms with Crippen molar-refractivity contribution in [2.45, 2.75) is 59.1 Å². The van der Waals surface area contributed by atoms with E-state index in [0.29, 0.717) is 13.2 Å². The van der Waals surface area contributed by atoms with Gasteiger partial charge >= 0.3 is 5.97 Å². The highest BCUT2D eigenvalue weighted by Gasteiger charge is 2.17. The van der Waals surface area contributed by atoms with E-state index in [0.717, 1.165) is 0 Å². The van der Waals surface area contributed by atoms with Crippen molar-refractivity contribution in [3.8, 4) is 0 Å². The fourth-order valence-electron chi connectivity index (χ4n) is 1.29. The molecule has 0 aromatic rings. The number of rotatable bonds is 7. The first-order chi connectivity index (χ1) is 8.24. The zero-order valence-corrected chi connectivity index (χ0v) is 12.0. The molecule has 0 fully saturated rings. The summed E-state index contributed by atoms with van der Waals surface area (Å²) < 4.78 is 10.3. The van der Waals surface area contributed by atoms with E-state index >= 15 is 0 Å². The summed E-state index contributed by atoms with van der Waals surface area (Å²) in [6.45, 7) is 10.3. The fourth-order valence-corrected chi connectivity index (χ4v) is 1.29. The minimum atomic E-state index is -0.504. The average molecular weight is 259 g/mol. The average Bonchev–Trinajstić information content (AvgIpc) is 2.21. The van der Waals surface area contributed by atoms with Crippen molar-refractivity contribution < 1.29 is 19.1 Å². The second-order valence-electron chi connectivity index (χ2n) is 5.21. The van der Waals surface area contributed by atoms with Gasteiger partial charge in [-0.25, -0.2) is 0 Å². The smallest absolute Gasteiger partial charge is 0.306 e. The predicted molar refractivity (Wildman–Crippen MR) is 69.2 cm³/mol. The van der Waals surface area contributed by atoms with Crippen molar-refractivity contribution in [2.75, 3.05) is 13.2 Å². The zero-order valence-electron chi connectivity index (χ0n) is 12.0. The standard InChI is InChI=1S/C13H25NO4/c1-6-17-9-10(2)14-11(15)7-8-12(16)18-13(3,4)5/h10H,6-9H2,1-5H3,(H,14,15). The Morgan fingerprint density at radius 1 is 1.22 bits per heavy atom. The molecule has 0 saturated heterocycles. The Kier molecular flexibility index (Phi) is 7.59. The summed E-state index contributed by atoms with van der Waals surface area (Å²) in [6, 6.07) is -0.0453. The van der Waals surface area contributed by atoms with Crippen LogP contribution in [-0.4, -0.2) is 36.7 Å². The highest BCUT2D eigenvalue weighted by molar-refractivity contribution is 5.81. The van der Waals surface area contributed by atoms with Crippen LogP contribution in [0.15, 0.2) is 0 Å². The molecule has 106 valence electrons. The maximum atomic E-state index is 11.5. The summed E-state index contributed by atoms with van der Waals surface area (Å²) in [4.78, 5) is 22.9. The van der Waals surface area contributed by atoms with E-state index in [1.54, 1.807) is 20.8 Å². The third kappa shape index (κ3) is 10.1. The van der Waals surface area contributed by atoms with Crippen molar-refractivity contribution in [1.29, 1.82) is 0 Å². The quantitative estimate of drug-likeness (QED) is 0.706. The summed E-state index contributed by atoms with van der Waals surface area (Å²) in [5.74, 6) is -0.511. The predicted octanol–water partition coefficient (Wildman–Crippen LogP) is 1.65. The summed E-state index contributed by atoms with van der Waals surface area (Å²) in [5, 5.41) is 2.76. The maximum Gasteiger partial charge on any atom is 0.306 e. The number of hydrogen-bond acceptors (Lipinski definition) is 4. The van der Waals surface area contributed by atoms with Gasteiger partial charge < -0.3 is 14.8 Å². The van der Waals surface area contributed by atoms with Crippen LogP contribution in [0.4, 0.5) is 0 Å². The van der Waals surface area contributed by atoms with Gasteiger partial charge in [0.1, 0.15) is 5.60 Å². The molecule has 18 heavy (non-hydrogen) atoms. The molecule has 0 aliphatic carbocycles. The third-order valence-electron chi connectivity index (χ3n) is 1.96. The first kappa shape index (κ1) is 16.9. The molecule has 0 aromatic heterocycles. The van der Waals surface area contributed by atoms with Gasteiger partial charge in [-0.05, 0) is 34.6 Å². The summed E-state index contributed by atoms with van der Waals surface area (Å²) in [6.07, 6.45) is 0.246. The maximum absolute atomic E-state index is 11.5. The number of esters is 1. The van der Waals surface area contributed by atoms with Crippen LogP contribution in [0, 0.1) is 0 Å². The van der Waals surface area contributed by atoms with Gasteiger partial charge in [0, 0.05) is 19.1 Å². The SMILES string of the molecule is CCOCC(C)NC(=O)CCC(=O)OC(C)(C)C. The van der Waals surface area contributed by atoms with E-state index in [1.165, 1.54) is 0 Å². The molecule has 1 amide bonds. The molecule has 0 saturated carbocycles. The molecule has 0 rings (SSSR count). The summed E-state index contributed by atoms with van der Waals surface area (Å²) in [5.41, 5.74) is -0.504. The number of carbonyl (C=O) groups excluding carboxylic acids is 2. The Morgan fingerprint density at radius 2 is 1.83 bits per heavy atom. The lowest BCUT2D eigenvalue weighted by molar-refractivity contribution is -0.155. The van der Waals surface area contributed by atoms with Gasteiger partial charge in [0.15, 0.2) is 0 Å². The first-order valence-corrected chi connectivity index (χ1v) is 6.33. The van der Waals surface area contributed by atoms with Crippen molar-refractivity contribution in [2.24, 2.45) is 0 Å². The van der Waals surface area contributed by atoms with Gasteiger partial charge in [-0.1, -0.05) is 0 Å². The molecule has 5 nitrogen and oxygen atoms in total. The van der Waals surface area contributed by atoms with Crippen molar-refractivity contribution in [3.63, 3.8) is 0 Å². The lowest BCUT2D eigenvalue weighted by Crippen LogP contribution is -2.36. The Morgan fingerprint density at radius 3 is 2.33 bits per heavy atom. The van der Waals surface area contributed by atoms with Gasteiger partial charge in [0.2, 0.25) is 5.91 Å². The Hall–Kier alpha value is -1.10. The molecule has 5 heteroatoms. The second-order valence-corrected chi connectivity index (χ2v) is 5.21. The van der Waals surface area contributed by atoms with Gasteiger partial charge in [-0.15, -0.1) is 0 Å². The van der Waals surface area contributed by atoms with Crippen LogP contribution in [-0.2, 0) is 19.1 Å². The molecular formula is C13H25NO4. The van der Waals surface area contributed by atoms with Crippen LogP contribution < -0.4 is 5.32 Å². The van der Waals surface area contributed by atoms with Gasteiger partial charge in [0.25, 0.3) is 0 Å². The molecular weight excluding hydrogens is 234 g/mol. The fraction of sp³-hybridized carbons (Fsp3) is 0.846. The van der Waals surface area contributed by atoms with E-state index in [9.17, 15) is 9.59 Å². The Bertz CT molecular complexity index is 271. The molecule has 1 unspecified atom stereocenters. The van der Waals surface area contributed by atoms with E-state index in [-0.39, 0.29) is 30.8 Å². The number of ether oxygens (including phenoxy) is 2. The highest BCUT2D eigenvalue weighted by atomic mass is 16.6. The summed E-state index contributed by atoms with van der Waals surface area (Å²) in [7, 11) is 0. The van der Waals surface area contributed by atoms with Crippen molar-refractivity contribution >= 4 is 11.9 Å². The monoisotopic (exact) mass is 259 g/mol. The topological polar surface area (TPSA) is 64.6 Å². The lowest BCUT2D eigenvalue weighted by atomic mass is 10.2. The molecule has 1 N–H and O–H groups in total. The zero-order chi connectivity index (χ0) is 14.2.